The predicted molar refractivity (Wildman–Crippen MR) is 97.0 cm³/mol. The summed E-state index contributed by atoms with van der Waals surface area (Å²) in [5.41, 5.74) is 0. The van der Waals surface area contributed by atoms with Crippen LogP contribution in [-0.4, -0.2) is 12.5 Å². The van der Waals surface area contributed by atoms with Crippen molar-refractivity contribution < 1.29 is 16.8 Å². The molecular weight excluding hydrogens is 391 g/mol. The van der Waals surface area contributed by atoms with Gasteiger partial charge in [-0.1, -0.05) is 23.2 Å². The first-order valence-electron chi connectivity index (χ1n) is 7.21. The van der Waals surface area contributed by atoms with Crippen LogP contribution in [0.5, 0.6) is 11.5 Å². The van der Waals surface area contributed by atoms with Gasteiger partial charge >= 0.3 is 0 Å². The van der Waals surface area contributed by atoms with Gasteiger partial charge in [0, 0.05) is 10.0 Å². The van der Waals surface area contributed by atoms with E-state index in [0.717, 1.165) is 6.42 Å². The zero-order valence-corrected chi connectivity index (χ0v) is 15.6. The Morgan fingerprint density at radius 3 is 1.42 bits per heavy atom. The maximum absolute atomic E-state index is 12.6. The Labute approximate surface area is 155 Å². The zero-order valence-electron chi connectivity index (χ0n) is 12.4. The fraction of sp³-hybridized carbons (Fsp3) is 0.250. The van der Waals surface area contributed by atoms with Crippen LogP contribution in [0.4, 0.5) is 0 Å². The van der Waals surface area contributed by atoms with Gasteiger partial charge in [0.2, 0.25) is 22.2 Å². The summed E-state index contributed by atoms with van der Waals surface area (Å²) in [5.74, 6) is 0.819. The lowest BCUT2D eigenvalue weighted by Gasteiger charge is -2.36. The van der Waals surface area contributed by atoms with E-state index >= 15 is 0 Å². The normalized spacial score (nSPS) is 18.2. The number of hydrogen-bond acceptors (Lipinski definition) is 4. The van der Waals surface area contributed by atoms with Crippen molar-refractivity contribution in [1.29, 1.82) is 0 Å². The van der Waals surface area contributed by atoms with Crippen LogP contribution in [0.3, 0.4) is 0 Å². The highest BCUT2D eigenvalue weighted by molar-refractivity contribution is 8.00. The summed E-state index contributed by atoms with van der Waals surface area (Å²) in [6, 6.07) is 13.0. The molecule has 0 radical (unpaired) electrons. The summed E-state index contributed by atoms with van der Waals surface area (Å²) >= 11 is 8.04. The second kappa shape index (κ2) is 7.44. The maximum Gasteiger partial charge on any atom is 0.229 e. The Kier molecular flexibility index (Phi) is 5.49. The molecule has 1 fully saturated rings. The molecule has 2 aromatic rings. The van der Waals surface area contributed by atoms with Gasteiger partial charge in [0.1, 0.15) is 11.5 Å². The van der Waals surface area contributed by atoms with Crippen LogP contribution in [0, 0.1) is 0 Å². The van der Waals surface area contributed by atoms with E-state index in [1.54, 1.807) is 48.5 Å². The van der Waals surface area contributed by atoms with Crippen LogP contribution < -0.4 is 8.37 Å². The van der Waals surface area contributed by atoms with Gasteiger partial charge < -0.3 is 8.37 Å². The Morgan fingerprint density at radius 1 is 0.750 bits per heavy atom. The summed E-state index contributed by atoms with van der Waals surface area (Å²) in [7, 11) is 0. The van der Waals surface area contributed by atoms with Crippen molar-refractivity contribution in [1.82, 2.24) is 0 Å². The molecule has 1 aliphatic carbocycles. The van der Waals surface area contributed by atoms with Crippen LogP contribution in [0.2, 0.25) is 10.0 Å². The van der Waals surface area contributed by atoms with Crippen molar-refractivity contribution in [2.45, 2.75) is 23.3 Å². The minimum absolute atomic E-state index is 0.410. The van der Waals surface area contributed by atoms with Gasteiger partial charge in [-0.25, -0.2) is 8.42 Å². The van der Waals surface area contributed by atoms with Gasteiger partial charge in [0.05, 0.1) is 0 Å². The highest BCUT2D eigenvalue weighted by Gasteiger charge is 2.53. The molecule has 0 spiro atoms. The molecule has 1 saturated carbocycles. The molecule has 3 rings (SSSR count). The largest absolute Gasteiger partial charge is 0.399 e. The average Bonchev–Trinajstić information content (AvgIpc) is 2.51. The van der Waals surface area contributed by atoms with E-state index < -0.39 is 26.2 Å². The lowest BCUT2D eigenvalue weighted by molar-refractivity contribution is 0.402. The third-order valence-corrected chi connectivity index (χ3v) is 7.73. The summed E-state index contributed by atoms with van der Waals surface area (Å²) < 4.78 is 35.2. The highest BCUT2D eigenvalue weighted by atomic mass is 35.5. The summed E-state index contributed by atoms with van der Waals surface area (Å²) in [6.45, 7) is 0. The van der Waals surface area contributed by atoms with Gasteiger partial charge in [-0.3, -0.25) is 0 Å². The molecule has 1 aliphatic rings. The minimum Gasteiger partial charge on any atom is -0.399 e. The van der Waals surface area contributed by atoms with Crippen molar-refractivity contribution in [3.63, 3.8) is 0 Å². The monoisotopic (exact) mass is 404 g/mol. The molecule has 2 atom stereocenters. The van der Waals surface area contributed by atoms with Crippen LogP contribution in [-0.2, 0) is 22.2 Å². The Hall–Kier alpha value is -1.08. The number of hydrogen-bond donors (Lipinski definition) is 0. The third kappa shape index (κ3) is 3.77. The van der Waals surface area contributed by atoms with E-state index in [2.05, 4.69) is 0 Å². The van der Waals surface area contributed by atoms with Crippen molar-refractivity contribution in [2.75, 3.05) is 0 Å². The van der Waals surface area contributed by atoms with Crippen molar-refractivity contribution >= 4 is 45.4 Å². The SMILES string of the molecule is O=S(Oc1ccc(Cl)cc1)C1(S(=O)Oc2ccc(Cl)cc2)CCC1. The van der Waals surface area contributed by atoms with Crippen LogP contribution in [0.15, 0.2) is 48.5 Å². The van der Waals surface area contributed by atoms with Gasteiger partial charge in [0.25, 0.3) is 0 Å². The smallest absolute Gasteiger partial charge is 0.229 e. The number of benzene rings is 2. The fourth-order valence-corrected chi connectivity index (χ4v) is 5.18. The van der Waals surface area contributed by atoms with E-state index in [0.29, 0.717) is 34.4 Å². The van der Waals surface area contributed by atoms with E-state index in [-0.39, 0.29) is 0 Å². The zero-order chi connectivity index (χ0) is 17.2. The maximum atomic E-state index is 12.6. The van der Waals surface area contributed by atoms with E-state index in [1.807, 2.05) is 0 Å². The molecular formula is C16H14Cl2O4S2. The van der Waals surface area contributed by atoms with Crippen molar-refractivity contribution in [3.05, 3.63) is 58.6 Å². The first kappa shape index (κ1) is 17.7. The van der Waals surface area contributed by atoms with Crippen LogP contribution >= 0.6 is 23.2 Å². The molecule has 0 aliphatic heterocycles. The van der Waals surface area contributed by atoms with E-state index in [4.69, 9.17) is 31.6 Å². The average molecular weight is 405 g/mol. The summed E-state index contributed by atoms with van der Waals surface area (Å²) in [6.07, 6.45) is 1.84. The van der Waals surface area contributed by atoms with Crippen molar-refractivity contribution in [2.24, 2.45) is 0 Å². The van der Waals surface area contributed by atoms with Gasteiger partial charge in [-0.05, 0) is 67.8 Å². The Morgan fingerprint density at radius 2 is 1.12 bits per heavy atom. The second-order valence-corrected chi connectivity index (χ2v) is 9.27. The molecule has 0 bridgehead atoms. The quantitative estimate of drug-likeness (QED) is 0.702. The number of rotatable bonds is 6. The standard InChI is InChI=1S/C16H14Cl2O4S2/c17-12-2-6-14(7-3-12)21-23(19)16(10-1-11-16)24(20)22-15-8-4-13(18)5-9-15/h2-9H,1,10-11H2. The molecule has 0 heterocycles. The Balaban J connectivity index is 1.72. The first-order chi connectivity index (χ1) is 11.5. The fourth-order valence-electron chi connectivity index (χ4n) is 2.16. The lowest BCUT2D eigenvalue weighted by atomic mass is 9.99. The third-order valence-electron chi connectivity index (χ3n) is 3.69. The first-order valence-corrected chi connectivity index (χ1v) is 10.1. The predicted octanol–water partition coefficient (Wildman–Crippen LogP) is 4.66. The lowest BCUT2D eigenvalue weighted by Crippen LogP contribution is -2.49. The van der Waals surface area contributed by atoms with E-state index in [9.17, 15) is 8.42 Å². The molecule has 2 aromatic carbocycles. The highest BCUT2D eigenvalue weighted by Crippen LogP contribution is 2.42. The molecule has 2 unspecified atom stereocenters. The van der Waals surface area contributed by atoms with E-state index in [1.165, 1.54) is 0 Å². The molecule has 0 amide bonds. The van der Waals surface area contributed by atoms with Gasteiger partial charge in [-0.2, -0.15) is 0 Å². The second-order valence-electron chi connectivity index (χ2n) is 5.31. The summed E-state index contributed by atoms with van der Waals surface area (Å²) in [4.78, 5) is 0. The molecule has 0 saturated heterocycles. The number of halogens is 2. The van der Waals surface area contributed by atoms with Crippen molar-refractivity contribution in [3.8, 4) is 11.5 Å². The minimum atomic E-state index is -1.80. The summed E-state index contributed by atoms with van der Waals surface area (Å²) in [5, 5.41) is 1.11. The van der Waals surface area contributed by atoms with Gasteiger partial charge in [-0.15, -0.1) is 0 Å². The molecule has 0 N–H and O–H groups in total. The molecule has 0 aromatic heterocycles. The van der Waals surface area contributed by atoms with Gasteiger partial charge in [0.15, 0.2) is 4.08 Å². The molecule has 8 heteroatoms. The Bertz CT molecular complexity index is 697. The van der Waals surface area contributed by atoms with Crippen LogP contribution in [0.25, 0.3) is 0 Å². The van der Waals surface area contributed by atoms with Crippen LogP contribution in [0.1, 0.15) is 19.3 Å². The topological polar surface area (TPSA) is 52.6 Å². The molecule has 128 valence electrons. The molecule has 4 nitrogen and oxygen atoms in total. The molecule has 24 heavy (non-hydrogen) atoms.